The molecule has 0 amide bonds. The molecule has 5 heteroatoms. The van der Waals surface area contributed by atoms with Crippen molar-refractivity contribution in [1.29, 1.82) is 0 Å². The van der Waals surface area contributed by atoms with E-state index >= 15 is 0 Å². The van der Waals surface area contributed by atoms with Gasteiger partial charge in [0.2, 0.25) is 0 Å². The van der Waals surface area contributed by atoms with Crippen LogP contribution in [-0.4, -0.2) is 0 Å². The van der Waals surface area contributed by atoms with Crippen molar-refractivity contribution in [2.24, 2.45) is 0 Å². The Balaban J connectivity index is 0. The molecule has 0 aromatic heterocycles. The van der Waals surface area contributed by atoms with Gasteiger partial charge < -0.3 is 40.5 Å². The van der Waals surface area contributed by atoms with Crippen LogP contribution in [0.4, 0.5) is 0 Å². The first-order valence-electron chi connectivity index (χ1n) is 0. The summed E-state index contributed by atoms with van der Waals surface area (Å²) in [5.41, 5.74) is 0. The van der Waals surface area contributed by atoms with Gasteiger partial charge in [-0.15, -0.1) is 0 Å². The van der Waals surface area contributed by atoms with Gasteiger partial charge in [-0.3, -0.25) is 0 Å². The molecule has 0 N–H and O–H groups in total. The average molecular weight is 256 g/mol. The van der Waals surface area contributed by atoms with Gasteiger partial charge in [0.25, 0.3) is 0 Å². The van der Waals surface area contributed by atoms with Gasteiger partial charge in [-0.1, -0.05) is 0 Å². The molecular weight excluding hydrogens is 256 g/mol. The third-order valence-corrected chi connectivity index (χ3v) is 0. The second-order valence-corrected chi connectivity index (χ2v) is 0. The van der Waals surface area contributed by atoms with Crippen molar-refractivity contribution < 1.29 is 49.0 Å². The van der Waals surface area contributed by atoms with E-state index in [1.165, 1.54) is 0 Å². The van der Waals surface area contributed by atoms with Crippen LogP contribution >= 0.6 is 0 Å². The molecule has 0 aromatic rings. The maximum atomic E-state index is 0. The summed E-state index contributed by atoms with van der Waals surface area (Å²) in [6.45, 7) is 0. The summed E-state index contributed by atoms with van der Waals surface area (Å²) in [5, 5.41) is 0. The van der Waals surface area contributed by atoms with E-state index in [0.717, 1.165) is 0 Å². The number of hydrogen-bond acceptors (Lipinski definition) is 0. The molecule has 0 aromatic carbocycles. The van der Waals surface area contributed by atoms with Gasteiger partial charge in [0.05, 0.1) is 0 Å². The summed E-state index contributed by atoms with van der Waals surface area (Å²) >= 11 is 0. The SMILES string of the molecule is [Cd+2].[S-2].[S-2].[S-2].[Ti+4]. The molecule has 0 radical (unpaired) electrons. The Bertz CT molecular complexity index is 6.85. The van der Waals surface area contributed by atoms with Crippen molar-refractivity contribution in [3.8, 4) is 0 Å². The van der Waals surface area contributed by atoms with Crippen molar-refractivity contribution in [3.05, 3.63) is 0 Å². The fraction of sp³-hybridized carbons (Fsp3) is 0. The van der Waals surface area contributed by atoms with Gasteiger partial charge >= 0.3 is 49.0 Å². The van der Waals surface area contributed by atoms with E-state index in [2.05, 4.69) is 0 Å². The van der Waals surface area contributed by atoms with E-state index in [9.17, 15) is 0 Å². The predicted molar refractivity (Wildman–Crippen MR) is 22.1 cm³/mol. The van der Waals surface area contributed by atoms with Gasteiger partial charge in [-0.05, 0) is 0 Å². The quantitative estimate of drug-likeness (QED) is 0.535. The summed E-state index contributed by atoms with van der Waals surface area (Å²) in [5.74, 6) is 0. The first-order chi connectivity index (χ1) is 0. The molecule has 0 nitrogen and oxygen atoms in total. The minimum absolute atomic E-state index is 0. The van der Waals surface area contributed by atoms with Crippen LogP contribution in [0.2, 0.25) is 0 Å². The third kappa shape index (κ3) is 20.3. The normalized spacial score (nSPS) is 0. The van der Waals surface area contributed by atoms with Crippen molar-refractivity contribution in [2.45, 2.75) is 0 Å². The van der Waals surface area contributed by atoms with Crippen molar-refractivity contribution in [2.75, 3.05) is 0 Å². The maximum Gasteiger partial charge on any atom is 4.00 e. The zero-order chi connectivity index (χ0) is 0. The Morgan fingerprint density at radius 3 is 0.600 bits per heavy atom. The molecular formula is CdS3Ti. The van der Waals surface area contributed by atoms with Crippen molar-refractivity contribution in [1.82, 2.24) is 0 Å². The van der Waals surface area contributed by atoms with Crippen LogP contribution < -0.4 is 0 Å². The molecule has 0 aliphatic heterocycles. The topological polar surface area (TPSA) is 0 Å². The molecule has 0 bridgehead atoms. The second-order valence-electron chi connectivity index (χ2n) is 0. The van der Waals surface area contributed by atoms with Crippen LogP contribution in [0.25, 0.3) is 0 Å². The molecule has 0 saturated carbocycles. The van der Waals surface area contributed by atoms with Gasteiger partial charge in [0, 0.05) is 0 Å². The predicted octanol–water partition coefficient (Wildman–Crippen LogP) is -0.0122. The van der Waals surface area contributed by atoms with E-state index in [0.29, 0.717) is 0 Å². The smallest absolute Gasteiger partial charge is 2.00 e. The zero-order valence-electron chi connectivity index (χ0n) is 2.43. The third-order valence-electron chi connectivity index (χ3n) is 0. The van der Waals surface area contributed by atoms with Crippen LogP contribution in [0.15, 0.2) is 0 Å². The zero-order valence-corrected chi connectivity index (χ0v) is 10.5. The monoisotopic (exact) mass is 258 g/mol. The molecule has 0 saturated heterocycles. The van der Waals surface area contributed by atoms with Crippen molar-refractivity contribution in [3.63, 3.8) is 0 Å². The molecule has 0 atom stereocenters. The van der Waals surface area contributed by atoms with Crippen molar-refractivity contribution >= 4 is 40.5 Å². The van der Waals surface area contributed by atoms with Crippen LogP contribution in [0.3, 0.4) is 0 Å². The van der Waals surface area contributed by atoms with E-state index in [1.54, 1.807) is 0 Å². The Kier molecular flexibility index (Phi) is 285. The molecule has 0 aliphatic rings. The molecule has 24 valence electrons. The van der Waals surface area contributed by atoms with Crippen LogP contribution in [0, 0.1) is 0 Å². The fourth-order valence-electron chi connectivity index (χ4n) is 0. The summed E-state index contributed by atoms with van der Waals surface area (Å²) < 4.78 is 0. The Hall–Kier alpha value is 2.69. The molecule has 0 unspecified atom stereocenters. The molecule has 0 fully saturated rings. The largest absolute Gasteiger partial charge is 4.00 e. The first kappa shape index (κ1) is 47.6. The molecule has 0 heterocycles. The van der Waals surface area contributed by atoms with E-state index in [1.807, 2.05) is 0 Å². The standard InChI is InChI=1S/Cd.3S.Ti/q+2;3*-2;+4. The number of hydrogen-bond donors (Lipinski definition) is 0. The minimum atomic E-state index is 0. The molecule has 0 rings (SSSR count). The minimum Gasteiger partial charge on any atom is -2.00 e. The van der Waals surface area contributed by atoms with E-state index in [-0.39, 0.29) is 89.5 Å². The van der Waals surface area contributed by atoms with Gasteiger partial charge in [-0.2, -0.15) is 0 Å². The number of rotatable bonds is 0. The summed E-state index contributed by atoms with van der Waals surface area (Å²) in [6, 6.07) is 0. The van der Waals surface area contributed by atoms with Crippen LogP contribution in [0.1, 0.15) is 0 Å². The summed E-state index contributed by atoms with van der Waals surface area (Å²) in [4.78, 5) is 0. The van der Waals surface area contributed by atoms with Crippen LogP contribution in [0.5, 0.6) is 0 Å². The molecule has 0 aliphatic carbocycles. The van der Waals surface area contributed by atoms with E-state index < -0.39 is 0 Å². The Labute approximate surface area is 88.2 Å². The van der Waals surface area contributed by atoms with E-state index in [4.69, 9.17) is 0 Å². The summed E-state index contributed by atoms with van der Waals surface area (Å²) in [7, 11) is 0. The Morgan fingerprint density at radius 2 is 0.600 bits per heavy atom. The van der Waals surface area contributed by atoms with Gasteiger partial charge in [0.15, 0.2) is 0 Å². The maximum absolute atomic E-state index is 0. The van der Waals surface area contributed by atoms with Gasteiger partial charge in [-0.25, -0.2) is 0 Å². The fourth-order valence-corrected chi connectivity index (χ4v) is 0. The second kappa shape index (κ2) is 30.0. The Morgan fingerprint density at radius 1 is 0.600 bits per heavy atom. The van der Waals surface area contributed by atoms with Crippen LogP contribution in [-0.2, 0) is 89.5 Å². The molecule has 0 spiro atoms. The first-order valence-corrected chi connectivity index (χ1v) is 0. The summed E-state index contributed by atoms with van der Waals surface area (Å²) in [6.07, 6.45) is 0. The average Bonchev–Trinajstić information content (AvgIpc) is 0. The van der Waals surface area contributed by atoms with Gasteiger partial charge in [0.1, 0.15) is 0 Å². The molecule has 5 heavy (non-hydrogen) atoms.